The Morgan fingerprint density at radius 3 is 2.32 bits per heavy atom. The Labute approximate surface area is 147 Å². The molecule has 1 unspecified atom stereocenters. The van der Waals surface area contributed by atoms with E-state index in [-0.39, 0.29) is 18.2 Å². The second-order valence-corrected chi connectivity index (χ2v) is 6.39. The third-order valence-electron chi connectivity index (χ3n) is 4.90. The van der Waals surface area contributed by atoms with Crippen molar-refractivity contribution in [3.8, 4) is 5.75 Å². The number of Topliss-reactive ketones (excluding diaryl/α,β-unsaturated/α-hetero) is 1. The number of ketones is 1. The van der Waals surface area contributed by atoms with Crippen LogP contribution in [-0.4, -0.2) is 30.2 Å². The lowest BCUT2D eigenvalue weighted by Crippen LogP contribution is -2.39. The summed E-state index contributed by atoms with van der Waals surface area (Å²) >= 11 is 0. The lowest BCUT2D eigenvalue weighted by molar-refractivity contribution is -0.130. The van der Waals surface area contributed by atoms with Crippen molar-refractivity contribution in [1.29, 1.82) is 0 Å². The molecule has 0 N–H and O–H groups in total. The fraction of sp³-hybridized carbons (Fsp3) is 0.238. The Morgan fingerprint density at radius 1 is 1.08 bits per heavy atom. The number of benzene rings is 2. The van der Waals surface area contributed by atoms with Crippen LogP contribution < -0.4 is 4.74 Å². The van der Waals surface area contributed by atoms with E-state index in [9.17, 15) is 9.59 Å². The second-order valence-electron chi connectivity index (χ2n) is 6.39. The number of nitrogens with zero attached hydrogens (tertiary/aromatic N) is 1. The molecule has 0 bridgehead atoms. The Hall–Kier alpha value is -2.88. The van der Waals surface area contributed by atoms with Gasteiger partial charge in [-0.2, -0.15) is 0 Å². The zero-order valence-corrected chi connectivity index (χ0v) is 14.7. The van der Waals surface area contributed by atoms with Crippen molar-refractivity contribution in [3.63, 3.8) is 0 Å². The van der Waals surface area contributed by atoms with E-state index in [0.717, 1.165) is 16.9 Å². The molecule has 0 aliphatic carbocycles. The minimum absolute atomic E-state index is 0.0476. The zero-order valence-electron chi connectivity index (χ0n) is 14.7. The summed E-state index contributed by atoms with van der Waals surface area (Å²) in [5, 5.41) is 0. The molecule has 1 aliphatic heterocycles. The van der Waals surface area contributed by atoms with E-state index >= 15 is 0 Å². The Balaban J connectivity index is 1.84. The lowest BCUT2D eigenvalue weighted by atomic mass is 9.77. The average Bonchev–Trinajstić information content (AvgIpc) is 2.87. The monoisotopic (exact) mass is 335 g/mol. The van der Waals surface area contributed by atoms with Gasteiger partial charge < -0.3 is 9.64 Å². The fourth-order valence-electron chi connectivity index (χ4n) is 3.14. The SMILES string of the molecule is COc1ccc(C2(C)C(=O)N(CC(=O)c3ccccc3)C=C2C)cc1. The molecular weight excluding hydrogens is 314 g/mol. The van der Waals surface area contributed by atoms with E-state index < -0.39 is 5.41 Å². The first-order valence-electron chi connectivity index (χ1n) is 8.19. The van der Waals surface area contributed by atoms with Gasteiger partial charge in [-0.1, -0.05) is 42.5 Å². The van der Waals surface area contributed by atoms with Gasteiger partial charge in [0.2, 0.25) is 5.91 Å². The maximum absolute atomic E-state index is 13.0. The number of rotatable bonds is 5. The third kappa shape index (κ3) is 2.95. The zero-order chi connectivity index (χ0) is 18.0. The highest BCUT2D eigenvalue weighted by molar-refractivity contribution is 6.02. The summed E-state index contributed by atoms with van der Waals surface area (Å²) in [5.74, 6) is 0.590. The number of carbonyl (C=O) groups is 2. The first kappa shape index (κ1) is 17.0. The summed E-state index contributed by atoms with van der Waals surface area (Å²) < 4.78 is 5.19. The van der Waals surface area contributed by atoms with Gasteiger partial charge in [-0.3, -0.25) is 9.59 Å². The first-order valence-corrected chi connectivity index (χ1v) is 8.19. The molecule has 1 atom stereocenters. The molecule has 2 aromatic rings. The quantitative estimate of drug-likeness (QED) is 0.785. The van der Waals surface area contributed by atoms with Gasteiger partial charge in [0.1, 0.15) is 5.75 Å². The van der Waals surface area contributed by atoms with Gasteiger partial charge in [0.05, 0.1) is 19.1 Å². The number of carbonyl (C=O) groups excluding carboxylic acids is 2. The molecule has 25 heavy (non-hydrogen) atoms. The molecule has 2 aromatic carbocycles. The number of ether oxygens (including phenoxy) is 1. The van der Waals surface area contributed by atoms with Crippen LogP contribution in [0.4, 0.5) is 0 Å². The maximum Gasteiger partial charge on any atom is 0.241 e. The molecule has 1 heterocycles. The highest BCUT2D eigenvalue weighted by Gasteiger charge is 2.44. The van der Waals surface area contributed by atoms with E-state index in [0.29, 0.717) is 5.56 Å². The molecule has 1 aliphatic rings. The van der Waals surface area contributed by atoms with E-state index in [1.807, 2.05) is 56.3 Å². The summed E-state index contributed by atoms with van der Waals surface area (Å²) in [4.78, 5) is 27.0. The predicted molar refractivity (Wildman–Crippen MR) is 96.6 cm³/mol. The van der Waals surface area contributed by atoms with Crippen LogP contribution in [0.2, 0.25) is 0 Å². The standard InChI is InChI=1S/C21H21NO3/c1-15-13-22(14-19(23)16-7-5-4-6-8-16)20(24)21(15,2)17-9-11-18(25-3)12-10-17/h4-13H,14H2,1-3H3. The minimum atomic E-state index is -0.761. The smallest absolute Gasteiger partial charge is 0.241 e. The molecule has 1 amide bonds. The Morgan fingerprint density at radius 2 is 1.72 bits per heavy atom. The summed E-state index contributed by atoms with van der Waals surface area (Å²) in [6.45, 7) is 3.87. The van der Waals surface area contributed by atoms with Crippen LogP contribution in [0, 0.1) is 0 Å². The predicted octanol–water partition coefficient (Wildman–Crippen LogP) is 3.58. The van der Waals surface area contributed by atoms with E-state index in [2.05, 4.69) is 0 Å². The average molecular weight is 335 g/mol. The van der Waals surface area contributed by atoms with Crippen molar-refractivity contribution < 1.29 is 14.3 Å². The molecule has 0 spiro atoms. The van der Waals surface area contributed by atoms with Crippen molar-refractivity contribution >= 4 is 11.7 Å². The number of hydrogen-bond acceptors (Lipinski definition) is 3. The fourth-order valence-corrected chi connectivity index (χ4v) is 3.14. The Bertz CT molecular complexity index is 824. The van der Waals surface area contributed by atoms with Crippen LogP contribution in [0.5, 0.6) is 5.75 Å². The van der Waals surface area contributed by atoms with Gasteiger partial charge >= 0.3 is 0 Å². The summed E-state index contributed by atoms with van der Waals surface area (Å²) in [6, 6.07) is 16.5. The lowest BCUT2D eigenvalue weighted by Gasteiger charge is -2.26. The van der Waals surface area contributed by atoms with Crippen LogP contribution in [0.25, 0.3) is 0 Å². The largest absolute Gasteiger partial charge is 0.497 e. The molecule has 0 radical (unpaired) electrons. The molecular formula is C21H21NO3. The molecule has 0 aromatic heterocycles. The topological polar surface area (TPSA) is 46.6 Å². The van der Waals surface area contributed by atoms with Crippen molar-refractivity contribution in [2.24, 2.45) is 0 Å². The molecule has 0 saturated heterocycles. The van der Waals surface area contributed by atoms with Crippen LogP contribution in [0.3, 0.4) is 0 Å². The summed E-state index contributed by atoms with van der Waals surface area (Å²) in [6.07, 6.45) is 1.79. The van der Waals surface area contributed by atoms with E-state index in [1.54, 1.807) is 25.4 Å². The number of hydrogen-bond donors (Lipinski definition) is 0. The van der Waals surface area contributed by atoms with Gasteiger partial charge in [-0.25, -0.2) is 0 Å². The molecule has 3 rings (SSSR count). The van der Waals surface area contributed by atoms with Crippen molar-refractivity contribution in [2.75, 3.05) is 13.7 Å². The van der Waals surface area contributed by atoms with Crippen molar-refractivity contribution in [1.82, 2.24) is 4.90 Å². The molecule has 0 saturated carbocycles. The highest BCUT2D eigenvalue weighted by Crippen LogP contribution is 2.39. The van der Waals surface area contributed by atoms with Gasteiger partial charge in [0.15, 0.2) is 5.78 Å². The summed E-state index contributed by atoms with van der Waals surface area (Å²) in [7, 11) is 1.61. The van der Waals surface area contributed by atoms with Crippen LogP contribution in [0.1, 0.15) is 29.8 Å². The number of amides is 1. The highest BCUT2D eigenvalue weighted by atomic mass is 16.5. The van der Waals surface area contributed by atoms with E-state index in [4.69, 9.17) is 4.74 Å². The van der Waals surface area contributed by atoms with Gasteiger partial charge in [0.25, 0.3) is 0 Å². The normalized spacial score (nSPS) is 19.7. The minimum Gasteiger partial charge on any atom is -0.497 e. The number of methoxy groups -OCH3 is 1. The third-order valence-corrected chi connectivity index (χ3v) is 4.90. The van der Waals surface area contributed by atoms with Crippen LogP contribution >= 0.6 is 0 Å². The second kappa shape index (κ2) is 6.55. The van der Waals surface area contributed by atoms with Crippen LogP contribution in [0.15, 0.2) is 66.4 Å². The van der Waals surface area contributed by atoms with Crippen molar-refractivity contribution in [2.45, 2.75) is 19.3 Å². The maximum atomic E-state index is 13.0. The first-order chi connectivity index (χ1) is 12.0. The Kier molecular flexibility index (Phi) is 4.45. The van der Waals surface area contributed by atoms with E-state index in [1.165, 1.54) is 4.90 Å². The van der Waals surface area contributed by atoms with Gasteiger partial charge in [0, 0.05) is 11.8 Å². The van der Waals surface area contributed by atoms with Crippen LogP contribution in [-0.2, 0) is 10.2 Å². The molecule has 4 nitrogen and oxygen atoms in total. The van der Waals surface area contributed by atoms with Gasteiger partial charge in [-0.15, -0.1) is 0 Å². The molecule has 4 heteroatoms. The molecule has 128 valence electrons. The molecule has 0 fully saturated rings. The van der Waals surface area contributed by atoms with Crippen molar-refractivity contribution in [3.05, 3.63) is 77.5 Å². The summed E-state index contributed by atoms with van der Waals surface area (Å²) in [5.41, 5.74) is 1.66. The van der Waals surface area contributed by atoms with Gasteiger partial charge in [-0.05, 0) is 37.1 Å².